The molecule has 5 heteroatoms. The van der Waals surface area contributed by atoms with Crippen LogP contribution in [0.2, 0.25) is 5.02 Å². The number of benzene rings is 2. The standard InChI is InChI=1S/C7H6Br2.C7H5Cl2F/c8-5-6-2-1-3-7(9)4-6;8-4-5-6(9)2-1-3-7(5)10/h1-4H,5H2;1-3H,4H2. The van der Waals surface area contributed by atoms with Crippen molar-refractivity contribution < 1.29 is 4.39 Å². The van der Waals surface area contributed by atoms with Crippen LogP contribution in [-0.2, 0) is 11.2 Å². The lowest BCUT2D eigenvalue weighted by Crippen LogP contribution is -1.85. The van der Waals surface area contributed by atoms with Gasteiger partial charge in [0.2, 0.25) is 0 Å². The molecule has 0 bridgehead atoms. The summed E-state index contributed by atoms with van der Waals surface area (Å²) in [5, 5.41) is 1.31. The highest BCUT2D eigenvalue weighted by molar-refractivity contribution is 9.10. The lowest BCUT2D eigenvalue weighted by Gasteiger charge is -1.98. The monoisotopic (exact) mass is 426 g/mol. The lowest BCUT2D eigenvalue weighted by atomic mass is 10.2. The fourth-order valence-corrected chi connectivity index (χ4v) is 2.65. The molecular formula is C14H11Br2Cl2F. The van der Waals surface area contributed by atoms with Gasteiger partial charge in [0.25, 0.3) is 0 Å². The average molecular weight is 429 g/mol. The Morgan fingerprint density at radius 1 is 1.11 bits per heavy atom. The number of hydrogen-bond acceptors (Lipinski definition) is 0. The van der Waals surface area contributed by atoms with Crippen molar-refractivity contribution in [2.75, 3.05) is 0 Å². The first kappa shape index (κ1) is 17.0. The van der Waals surface area contributed by atoms with E-state index in [1.807, 2.05) is 12.1 Å². The Kier molecular flexibility index (Phi) is 8.00. The molecule has 0 radical (unpaired) electrons. The van der Waals surface area contributed by atoms with Crippen molar-refractivity contribution >= 4 is 55.1 Å². The summed E-state index contributed by atoms with van der Waals surface area (Å²) in [4.78, 5) is 0. The molecule has 0 unspecified atom stereocenters. The molecule has 102 valence electrons. The molecule has 0 saturated heterocycles. The molecule has 0 amide bonds. The lowest BCUT2D eigenvalue weighted by molar-refractivity contribution is 0.617. The fourth-order valence-electron chi connectivity index (χ4n) is 1.28. The second-order valence-corrected chi connectivity index (χ2v) is 5.75. The predicted molar refractivity (Wildman–Crippen MR) is 87.7 cm³/mol. The van der Waals surface area contributed by atoms with Crippen molar-refractivity contribution in [1.29, 1.82) is 0 Å². The van der Waals surface area contributed by atoms with E-state index in [4.69, 9.17) is 23.2 Å². The third kappa shape index (κ3) is 5.82. The molecule has 0 atom stereocenters. The second-order valence-electron chi connectivity index (χ2n) is 3.60. The first-order chi connectivity index (χ1) is 9.08. The highest BCUT2D eigenvalue weighted by Crippen LogP contribution is 2.20. The molecule has 0 aliphatic rings. The SMILES string of the molecule is BrCc1cccc(Br)c1.Fc1cccc(Cl)c1CCl. The van der Waals surface area contributed by atoms with Gasteiger partial charge in [0.05, 0.1) is 5.88 Å². The minimum absolute atomic E-state index is 0.117. The van der Waals surface area contributed by atoms with Crippen molar-refractivity contribution in [2.24, 2.45) is 0 Å². The van der Waals surface area contributed by atoms with Crippen LogP contribution in [0, 0.1) is 5.82 Å². The quantitative estimate of drug-likeness (QED) is 0.475. The Morgan fingerprint density at radius 2 is 1.79 bits per heavy atom. The fraction of sp³-hybridized carbons (Fsp3) is 0.143. The summed E-state index contributed by atoms with van der Waals surface area (Å²) in [6.45, 7) is 0. The summed E-state index contributed by atoms with van der Waals surface area (Å²) >= 11 is 17.8. The molecule has 2 rings (SSSR count). The van der Waals surface area contributed by atoms with Gasteiger partial charge in [-0.05, 0) is 29.8 Å². The van der Waals surface area contributed by atoms with Gasteiger partial charge in [-0.25, -0.2) is 4.39 Å². The molecule has 2 aromatic carbocycles. The molecule has 0 heterocycles. The molecule has 0 aromatic heterocycles. The minimum atomic E-state index is -0.345. The molecule has 0 aliphatic heterocycles. The molecule has 0 fully saturated rings. The molecule has 2 aromatic rings. The van der Waals surface area contributed by atoms with Crippen molar-refractivity contribution in [1.82, 2.24) is 0 Å². The summed E-state index contributed by atoms with van der Waals surface area (Å²) in [6, 6.07) is 12.7. The Labute approximate surface area is 139 Å². The zero-order chi connectivity index (χ0) is 14.3. The average Bonchev–Trinajstić information content (AvgIpc) is 2.40. The largest absolute Gasteiger partial charge is 0.207 e. The van der Waals surface area contributed by atoms with E-state index in [1.54, 1.807) is 12.1 Å². The Morgan fingerprint density at radius 3 is 2.21 bits per heavy atom. The normalized spacial score (nSPS) is 9.74. The Bertz CT molecular complexity index is 512. The minimum Gasteiger partial charge on any atom is -0.207 e. The second kappa shape index (κ2) is 8.96. The first-order valence-corrected chi connectivity index (χ1v) is 8.20. The molecule has 0 saturated carbocycles. The van der Waals surface area contributed by atoms with Gasteiger partial charge in [0.15, 0.2) is 0 Å². The maximum Gasteiger partial charge on any atom is 0.129 e. The van der Waals surface area contributed by atoms with Gasteiger partial charge >= 0.3 is 0 Å². The van der Waals surface area contributed by atoms with E-state index in [-0.39, 0.29) is 11.7 Å². The number of alkyl halides is 2. The highest BCUT2D eigenvalue weighted by atomic mass is 79.9. The van der Waals surface area contributed by atoms with E-state index < -0.39 is 0 Å². The number of rotatable bonds is 2. The molecule has 19 heavy (non-hydrogen) atoms. The number of hydrogen-bond donors (Lipinski definition) is 0. The van der Waals surface area contributed by atoms with E-state index in [2.05, 4.69) is 44.0 Å². The van der Waals surface area contributed by atoms with Crippen LogP contribution >= 0.6 is 55.1 Å². The Hall–Kier alpha value is -0.0900. The van der Waals surface area contributed by atoms with Gasteiger partial charge in [-0.15, -0.1) is 11.6 Å². The van der Waals surface area contributed by atoms with E-state index in [9.17, 15) is 4.39 Å². The highest BCUT2D eigenvalue weighted by Gasteiger charge is 2.03. The van der Waals surface area contributed by atoms with E-state index in [0.29, 0.717) is 10.6 Å². The molecular weight excluding hydrogens is 418 g/mol. The van der Waals surface area contributed by atoms with Gasteiger partial charge < -0.3 is 0 Å². The summed E-state index contributed by atoms with van der Waals surface area (Å²) in [5.74, 6) is -0.228. The van der Waals surface area contributed by atoms with Crippen LogP contribution < -0.4 is 0 Å². The topological polar surface area (TPSA) is 0 Å². The Balaban J connectivity index is 0.000000191. The van der Waals surface area contributed by atoms with Gasteiger partial charge in [0.1, 0.15) is 5.82 Å². The van der Waals surface area contributed by atoms with Gasteiger partial charge in [0, 0.05) is 20.4 Å². The summed E-state index contributed by atoms with van der Waals surface area (Å²) in [5.41, 5.74) is 1.66. The van der Waals surface area contributed by atoms with Crippen molar-refractivity contribution in [3.63, 3.8) is 0 Å². The maximum absolute atomic E-state index is 12.7. The van der Waals surface area contributed by atoms with E-state index in [1.165, 1.54) is 11.6 Å². The predicted octanol–water partition coefficient (Wildman–Crippen LogP) is 6.56. The summed E-state index contributed by atoms with van der Waals surface area (Å²) < 4.78 is 13.8. The summed E-state index contributed by atoms with van der Waals surface area (Å²) in [7, 11) is 0. The number of halogens is 5. The van der Waals surface area contributed by atoms with Gasteiger partial charge in [-0.1, -0.05) is 61.7 Å². The van der Waals surface area contributed by atoms with Crippen LogP contribution in [0.5, 0.6) is 0 Å². The zero-order valence-corrected chi connectivity index (χ0v) is 14.5. The van der Waals surface area contributed by atoms with Gasteiger partial charge in [-0.3, -0.25) is 0 Å². The van der Waals surface area contributed by atoms with Crippen LogP contribution in [0.25, 0.3) is 0 Å². The third-order valence-corrected chi connectivity index (χ3v) is 4.00. The van der Waals surface area contributed by atoms with Crippen molar-refractivity contribution in [3.8, 4) is 0 Å². The molecule has 0 nitrogen and oxygen atoms in total. The summed E-state index contributed by atoms with van der Waals surface area (Å²) in [6.07, 6.45) is 0. The van der Waals surface area contributed by atoms with E-state index >= 15 is 0 Å². The molecule has 0 N–H and O–H groups in total. The van der Waals surface area contributed by atoms with Crippen LogP contribution in [0.1, 0.15) is 11.1 Å². The molecule has 0 aliphatic carbocycles. The van der Waals surface area contributed by atoms with Crippen LogP contribution in [0.3, 0.4) is 0 Å². The third-order valence-electron chi connectivity index (χ3n) is 2.24. The van der Waals surface area contributed by atoms with Crippen LogP contribution in [0.15, 0.2) is 46.9 Å². The van der Waals surface area contributed by atoms with Gasteiger partial charge in [-0.2, -0.15) is 0 Å². The zero-order valence-electron chi connectivity index (χ0n) is 9.85. The maximum atomic E-state index is 12.7. The molecule has 0 spiro atoms. The van der Waals surface area contributed by atoms with E-state index in [0.717, 1.165) is 9.80 Å². The smallest absolute Gasteiger partial charge is 0.129 e. The van der Waals surface area contributed by atoms with Crippen LogP contribution in [-0.4, -0.2) is 0 Å². The van der Waals surface area contributed by atoms with Crippen LogP contribution in [0.4, 0.5) is 4.39 Å². The van der Waals surface area contributed by atoms with Crippen molar-refractivity contribution in [3.05, 3.63) is 68.9 Å². The first-order valence-electron chi connectivity index (χ1n) is 5.37. The van der Waals surface area contributed by atoms with Crippen molar-refractivity contribution in [2.45, 2.75) is 11.2 Å².